The lowest BCUT2D eigenvalue weighted by Crippen LogP contribution is -2.40. The lowest BCUT2D eigenvalue weighted by molar-refractivity contribution is -0.0435. The second-order valence-electron chi connectivity index (χ2n) is 7.12. The van der Waals surface area contributed by atoms with Crippen LogP contribution in [0.5, 0.6) is 0 Å². The number of alkyl halides is 3. The van der Waals surface area contributed by atoms with Crippen molar-refractivity contribution in [1.29, 1.82) is 0 Å². The van der Waals surface area contributed by atoms with Crippen molar-refractivity contribution in [1.82, 2.24) is 4.90 Å². The summed E-state index contributed by atoms with van der Waals surface area (Å²) in [6, 6.07) is 2.97. The monoisotopic (exact) mass is 443 g/mol. The standard InChI is InChI=1S/C16H24F3N3O4S2/c1-11(2)10-22-7-5-12(6-8-22)20-14-4-3-13(21-27(23)24)9-15(14)28(25,26)16(17,18)19/h3-4,9,11-12,20-21H,5-8,10H2,1-2H3,(H,23,24). The number of sulfone groups is 1. The van der Waals surface area contributed by atoms with Gasteiger partial charge in [0, 0.05) is 31.4 Å². The minimum Gasteiger partial charge on any atom is -0.381 e. The quantitative estimate of drug-likeness (QED) is 0.561. The van der Waals surface area contributed by atoms with Crippen LogP contribution in [0.1, 0.15) is 26.7 Å². The first-order valence-electron chi connectivity index (χ1n) is 8.72. The highest BCUT2D eigenvalue weighted by molar-refractivity contribution is 7.92. The Morgan fingerprint density at radius 3 is 2.39 bits per heavy atom. The van der Waals surface area contributed by atoms with Gasteiger partial charge < -0.3 is 10.2 Å². The third kappa shape index (κ3) is 5.82. The van der Waals surface area contributed by atoms with E-state index in [4.69, 9.17) is 4.55 Å². The third-order valence-corrected chi connectivity index (χ3v) is 6.29. The lowest BCUT2D eigenvalue weighted by atomic mass is 10.0. The second kappa shape index (κ2) is 8.97. The van der Waals surface area contributed by atoms with E-state index in [1.165, 1.54) is 12.1 Å². The van der Waals surface area contributed by atoms with Crippen molar-refractivity contribution in [2.75, 3.05) is 29.7 Å². The summed E-state index contributed by atoms with van der Waals surface area (Å²) in [7, 11) is -5.64. The van der Waals surface area contributed by atoms with Gasteiger partial charge in [0.1, 0.15) is 4.90 Å². The van der Waals surface area contributed by atoms with Crippen molar-refractivity contribution in [3.05, 3.63) is 18.2 Å². The molecule has 1 aromatic carbocycles. The Kier molecular flexibility index (Phi) is 7.34. The molecule has 0 radical (unpaired) electrons. The third-order valence-electron chi connectivity index (χ3n) is 4.35. The molecule has 1 aromatic rings. The molecule has 28 heavy (non-hydrogen) atoms. The molecule has 0 aromatic heterocycles. The first-order chi connectivity index (χ1) is 12.9. The molecule has 12 heteroatoms. The average Bonchev–Trinajstić information content (AvgIpc) is 2.56. The Morgan fingerprint density at radius 1 is 1.29 bits per heavy atom. The molecule has 0 saturated carbocycles. The van der Waals surface area contributed by atoms with Crippen LogP contribution in [0.3, 0.4) is 0 Å². The number of nitrogens with one attached hydrogen (secondary N) is 2. The number of rotatable bonds is 7. The van der Waals surface area contributed by atoms with Gasteiger partial charge in [-0.25, -0.2) is 12.6 Å². The number of benzene rings is 1. The van der Waals surface area contributed by atoms with Gasteiger partial charge in [-0.2, -0.15) is 13.2 Å². The highest BCUT2D eigenvalue weighted by Crippen LogP contribution is 2.36. The van der Waals surface area contributed by atoms with Crippen LogP contribution in [-0.4, -0.2) is 53.3 Å². The summed E-state index contributed by atoms with van der Waals surface area (Å²) in [6.07, 6.45) is 1.33. The molecule has 0 bridgehead atoms. The van der Waals surface area contributed by atoms with E-state index in [-0.39, 0.29) is 17.4 Å². The topological polar surface area (TPSA) is 98.7 Å². The molecular formula is C16H24F3N3O4S2. The molecule has 0 amide bonds. The minimum atomic E-state index is -5.64. The molecular weight excluding hydrogens is 419 g/mol. The summed E-state index contributed by atoms with van der Waals surface area (Å²) >= 11 is -2.55. The van der Waals surface area contributed by atoms with E-state index < -0.39 is 31.5 Å². The molecule has 1 heterocycles. The second-order valence-corrected chi connectivity index (χ2v) is 9.74. The molecule has 7 nitrogen and oxygen atoms in total. The first kappa shape index (κ1) is 22.9. The Balaban J connectivity index is 2.25. The molecule has 1 aliphatic rings. The van der Waals surface area contributed by atoms with Crippen LogP contribution in [0.25, 0.3) is 0 Å². The fourth-order valence-electron chi connectivity index (χ4n) is 3.15. The Morgan fingerprint density at radius 2 is 1.89 bits per heavy atom. The normalized spacial score (nSPS) is 18.2. The average molecular weight is 444 g/mol. The van der Waals surface area contributed by atoms with Gasteiger partial charge in [-0.3, -0.25) is 9.27 Å². The van der Waals surface area contributed by atoms with Crippen molar-refractivity contribution in [2.24, 2.45) is 5.92 Å². The van der Waals surface area contributed by atoms with Gasteiger partial charge in [0.25, 0.3) is 21.1 Å². The van der Waals surface area contributed by atoms with Gasteiger partial charge in [0.05, 0.1) is 5.69 Å². The molecule has 1 saturated heterocycles. The minimum absolute atomic E-state index is 0.170. The summed E-state index contributed by atoms with van der Waals surface area (Å²) < 4.78 is 84.9. The largest absolute Gasteiger partial charge is 0.501 e. The maximum Gasteiger partial charge on any atom is 0.501 e. The van der Waals surface area contributed by atoms with Crippen LogP contribution in [0.15, 0.2) is 23.1 Å². The van der Waals surface area contributed by atoms with Gasteiger partial charge in [-0.05, 0) is 37.0 Å². The van der Waals surface area contributed by atoms with Gasteiger partial charge >= 0.3 is 5.51 Å². The molecule has 3 N–H and O–H groups in total. The van der Waals surface area contributed by atoms with E-state index in [1.807, 2.05) is 4.72 Å². The fourth-order valence-corrected chi connectivity index (χ4v) is 4.43. The zero-order valence-electron chi connectivity index (χ0n) is 15.5. The summed E-state index contributed by atoms with van der Waals surface area (Å²) in [5.41, 5.74) is -5.86. The van der Waals surface area contributed by atoms with Crippen LogP contribution in [0.4, 0.5) is 24.5 Å². The Labute approximate surface area is 165 Å². The number of hydrogen-bond acceptors (Lipinski definition) is 5. The number of halogens is 3. The maximum atomic E-state index is 13.1. The van der Waals surface area contributed by atoms with Gasteiger partial charge in [0.15, 0.2) is 0 Å². The van der Waals surface area contributed by atoms with Crippen LogP contribution < -0.4 is 10.0 Å². The van der Waals surface area contributed by atoms with E-state index in [0.29, 0.717) is 24.8 Å². The molecule has 1 aliphatic heterocycles. The SMILES string of the molecule is CC(C)CN1CCC(Nc2ccc(NS(=O)O)cc2S(=O)(=O)C(F)(F)F)CC1. The van der Waals surface area contributed by atoms with Crippen molar-refractivity contribution in [3.8, 4) is 0 Å². The van der Waals surface area contributed by atoms with E-state index in [0.717, 1.165) is 19.6 Å². The highest BCUT2D eigenvalue weighted by atomic mass is 32.2. The number of likely N-dealkylation sites (tertiary alicyclic amines) is 1. The lowest BCUT2D eigenvalue weighted by Gasteiger charge is -2.34. The van der Waals surface area contributed by atoms with Crippen molar-refractivity contribution < 1.29 is 30.4 Å². The number of nitrogens with zero attached hydrogens (tertiary/aromatic N) is 1. The number of piperidine rings is 1. The molecule has 0 aliphatic carbocycles. The predicted molar refractivity (Wildman–Crippen MR) is 102 cm³/mol. The van der Waals surface area contributed by atoms with E-state index >= 15 is 0 Å². The van der Waals surface area contributed by atoms with Crippen LogP contribution in [0, 0.1) is 5.92 Å². The smallest absolute Gasteiger partial charge is 0.381 e. The van der Waals surface area contributed by atoms with Crippen molar-refractivity contribution in [3.63, 3.8) is 0 Å². The van der Waals surface area contributed by atoms with Gasteiger partial charge in [-0.15, -0.1) is 0 Å². The van der Waals surface area contributed by atoms with E-state index in [2.05, 4.69) is 24.1 Å². The molecule has 1 fully saturated rings. The summed E-state index contributed by atoms with van der Waals surface area (Å²) in [5, 5.41) is 2.91. The first-order valence-corrected chi connectivity index (χ1v) is 11.3. The number of anilines is 2. The molecule has 1 unspecified atom stereocenters. The van der Waals surface area contributed by atoms with Crippen molar-refractivity contribution >= 4 is 32.5 Å². The summed E-state index contributed by atoms with van der Waals surface area (Å²) in [6.45, 7) is 6.67. The molecule has 1 atom stereocenters. The summed E-state index contributed by atoms with van der Waals surface area (Å²) in [4.78, 5) is 1.29. The molecule has 0 spiro atoms. The highest BCUT2D eigenvalue weighted by Gasteiger charge is 2.48. The van der Waals surface area contributed by atoms with Crippen molar-refractivity contribution in [2.45, 2.75) is 43.1 Å². The fraction of sp³-hybridized carbons (Fsp3) is 0.625. The van der Waals surface area contributed by atoms with Crippen LogP contribution >= 0.6 is 0 Å². The predicted octanol–water partition coefficient (Wildman–Crippen LogP) is 3.06. The van der Waals surface area contributed by atoms with Crippen LogP contribution in [-0.2, 0) is 21.1 Å². The summed E-state index contributed by atoms with van der Waals surface area (Å²) in [5.74, 6) is 0.505. The van der Waals surface area contributed by atoms with Gasteiger partial charge in [-0.1, -0.05) is 13.8 Å². The van der Waals surface area contributed by atoms with E-state index in [1.54, 1.807) is 0 Å². The van der Waals surface area contributed by atoms with Crippen LogP contribution in [0.2, 0.25) is 0 Å². The Bertz CT molecular complexity index is 808. The maximum absolute atomic E-state index is 13.1. The zero-order valence-corrected chi connectivity index (χ0v) is 17.1. The van der Waals surface area contributed by atoms with Gasteiger partial charge in [0.2, 0.25) is 0 Å². The molecule has 160 valence electrons. The number of hydrogen-bond donors (Lipinski definition) is 3. The van der Waals surface area contributed by atoms with E-state index in [9.17, 15) is 25.8 Å². The Hall–Kier alpha value is -1.37. The molecule has 2 rings (SSSR count). The zero-order chi connectivity index (χ0) is 21.1.